The van der Waals surface area contributed by atoms with Gasteiger partial charge in [0.1, 0.15) is 0 Å². The predicted molar refractivity (Wildman–Crippen MR) is 78.9 cm³/mol. The Morgan fingerprint density at radius 2 is 2.14 bits per heavy atom. The minimum Gasteiger partial charge on any atom is -0.325 e. The Labute approximate surface area is 119 Å². The molecule has 0 heterocycles. The highest BCUT2D eigenvalue weighted by Gasteiger charge is 2.04. The largest absolute Gasteiger partial charge is 0.325 e. The molecule has 5 heteroatoms. The molecule has 2 nitrogen and oxygen atoms in total. The Kier molecular flexibility index (Phi) is 5.68. The van der Waals surface area contributed by atoms with Crippen LogP contribution < -0.4 is 5.32 Å². The molecule has 1 rings (SSSR count). The van der Waals surface area contributed by atoms with E-state index in [4.69, 9.17) is 0 Å². The van der Waals surface area contributed by atoms with Gasteiger partial charge in [0.2, 0.25) is 5.91 Å². The van der Waals surface area contributed by atoms with E-state index in [1.807, 2.05) is 18.2 Å². The molecule has 0 fully saturated rings. The van der Waals surface area contributed by atoms with Crippen LogP contribution in [0.4, 0.5) is 5.69 Å². The first kappa shape index (κ1) is 12.7. The van der Waals surface area contributed by atoms with Gasteiger partial charge in [0.15, 0.2) is 0 Å². The second-order valence-corrected chi connectivity index (χ2v) is 5.81. The van der Waals surface area contributed by atoms with E-state index in [9.17, 15) is 4.79 Å². The Morgan fingerprint density at radius 3 is 2.71 bits per heavy atom. The number of benzene rings is 1. The Balaban J connectivity index is 2.72. The van der Waals surface area contributed by atoms with Crippen molar-refractivity contribution in [3.05, 3.63) is 25.3 Å². The molecule has 0 aromatic heterocycles. The van der Waals surface area contributed by atoms with Crippen molar-refractivity contribution in [3.63, 3.8) is 0 Å². The highest BCUT2D eigenvalue weighted by atomic mass is 127. The molecule has 14 heavy (non-hydrogen) atoms. The number of halogens is 3. The Hall–Kier alpha value is 0.630. The van der Waals surface area contributed by atoms with Crippen molar-refractivity contribution in [2.24, 2.45) is 0 Å². The molecule has 0 unspecified atom stereocenters. The van der Waals surface area contributed by atoms with Gasteiger partial charge in [0.05, 0.1) is 5.69 Å². The van der Waals surface area contributed by atoms with Crippen LogP contribution in [0, 0.1) is 7.14 Å². The van der Waals surface area contributed by atoms with Gasteiger partial charge in [0.25, 0.3) is 0 Å². The highest BCUT2D eigenvalue weighted by molar-refractivity contribution is 14.1. The fraction of sp³-hybridized carbons (Fsp3) is 0.222. The fourth-order valence-electron chi connectivity index (χ4n) is 0.889. The van der Waals surface area contributed by atoms with Crippen molar-refractivity contribution in [2.75, 3.05) is 10.6 Å². The number of hydrogen-bond acceptors (Lipinski definition) is 1. The SMILES string of the molecule is O=C(CCBr)Nc1ccc(I)cc1I. The smallest absolute Gasteiger partial charge is 0.225 e. The maximum atomic E-state index is 11.3. The van der Waals surface area contributed by atoms with E-state index in [0.29, 0.717) is 11.8 Å². The summed E-state index contributed by atoms with van der Waals surface area (Å²) < 4.78 is 2.24. The van der Waals surface area contributed by atoms with Crippen LogP contribution in [0.2, 0.25) is 0 Å². The number of carbonyl (C=O) groups is 1. The fourth-order valence-corrected chi connectivity index (χ4v) is 2.99. The van der Waals surface area contributed by atoms with Crippen LogP contribution >= 0.6 is 61.1 Å². The van der Waals surface area contributed by atoms with Gasteiger partial charge >= 0.3 is 0 Å². The molecule has 0 aliphatic heterocycles. The maximum absolute atomic E-state index is 11.3. The second-order valence-electron chi connectivity index (χ2n) is 2.61. The molecule has 1 N–H and O–H groups in total. The minimum atomic E-state index is 0.0426. The van der Waals surface area contributed by atoms with E-state index in [1.165, 1.54) is 3.57 Å². The summed E-state index contributed by atoms with van der Waals surface area (Å²) in [5.41, 5.74) is 0.886. The summed E-state index contributed by atoms with van der Waals surface area (Å²) in [6.45, 7) is 0. The van der Waals surface area contributed by atoms with Gasteiger partial charge < -0.3 is 5.32 Å². The molecule has 0 saturated carbocycles. The molecule has 76 valence electrons. The van der Waals surface area contributed by atoms with Gasteiger partial charge in [-0.2, -0.15) is 0 Å². The quantitative estimate of drug-likeness (QED) is 0.521. The number of amides is 1. The molecule has 1 aromatic carbocycles. The van der Waals surface area contributed by atoms with Crippen molar-refractivity contribution >= 4 is 72.7 Å². The molecule has 1 aromatic rings. The molecular weight excluding hydrogens is 472 g/mol. The zero-order chi connectivity index (χ0) is 10.6. The summed E-state index contributed by atoms with van der Waals surface area (Å²) in [5.74, 6) is 0.0426. The van der Waals surface area contributed by atoms with E-state index in [2.05, 4.69) is 66.4 Å². The third kappa shape index (κ3) is 4.01. The van der Waals surface area contributed by atoms with Crippen molar-refractivity contribution in [1.29, 1.82) is 0 Å². The number of rotatable bonds is 3. The molecule has 0 aliphatic carbocycles. The average Bonchev–Trinajstić information content (AvgIpc) is 2.10. The second kappa shape index (κ2) is 6.26. The van der Waals surface area contributed by atoms with Crippen LogP contribution in [0.3, 0.4) is 0 Å². The number of hydrogen-bond donors (Lipinski definition) is 1. The summed E-state index contributed by atoms with van der Waals surface area (Å²) in [6.07, 6.45) is 0.502. The molecular formula is C9H8BrI2NO. The zero-order valence-electron chi connectivity index (χ0n) is 7.19. The standard InChI is InChI=1S/C9H8BrI2NO/c10-4-3-9(14)13-8-2-1-6(11)5-7(8)12/h1-2,5H,3-4H2,(H,13,14). The average molecular weight is 480 g/mol. The zero-order valence-corrected chi connectivity index (χ0v) is 13.1. The first-order valence-corrected chi connectivity index (χ1v) is 7.22. The number of carbonyl (C=O) groups excluding carboxylic acids is 1. The maximum Gasteiger partial charge on any atom is 0.225 e. The molecule has 0 aliphatic rings. The van der Waals surface area contributed by atoms with Crippen LogP contribution in [0.15, 0.2) is 18.2 Å². The normalized spacial score (nSPS) is 9.93. The third-order valence-electron chi connectivity index (χ3n) is 1.53. The van der Waals surface area contributed by atoms with Crippen molar-refractivity contribution in [3.8, 4) is 0 Å². The predicted octanol–water partition coefficient (Wildman–Crippen LogP) is 3.62. The number of nitrogens with one attached hydrogen (secondary N) is 1. The van der Waals surface area contributed by atoms with Gasteiger partial charge in [-0.1, -0.05) is 15.9 Å². The summed E-state index contributed by atoms with van der Waals surface area (Å²) >= 11 is 7.69. The van der Waals surface area contributed by atoms with E-state index in [-0.39, 0.29) is 5.91 Å². The Bertz CT molecular complexity index is 344. The van der Waals surface area contributed by atoms with Crippen molar-refractivity contribution in [2.45, 2.75) is 6.42 Å². The molecule has 0 saturated heterocycles. The summed E-state index contributed by atoms with van der Waals surface area (Å²) in [6, 6.07) is 5.94. The number of alkyl halides is 1. The lowest BCUT2D eigenvalue weighted by molar-refractivity contribution is -0.115. The summed E-state index contributed by atoms with van der Waals surface area (Å²) in [5, 5.41) is 3.55. The van der Waals surface area contributed by atoms with Crippen molar-refractivity contribution < 1.29 is 4.79 Å². The van der Waals surface area contributed by atoms with Gasteiger partial charge in [-0.15, -0.1) is 0 Å². The lowest BCUT2D eigenvalue weighted by atomic mass is 10.3. The molecule has 0 spiro atoms. The van der Waals surface area contributed by atoms with E-state index < -0.39 is 0 Å². The molecule has 0 atom stereocenters. The first-order chi connectivity index (χ1) is 6.63. The number of anilines is 1. The highest BCUT2D eigenvalue weighted by Crippen LogP contribution is 2.20. The van der Waals surface area contributed by atoms with Gasteiger partial charge in [-0.25, -0.2) is 0 Å². The van der Waals surface area contributed by atoms with E-state index in [1.54, 1.807) is 0 Å². The lowest BCUT2D eigenvalue weighted by Crippen LogP contribution is -2.12. The third-order valence-corrected chi connectivity index (χ3v) is 3.49. The van der Waals surface area contributed by atoms with Crippen LogP contribution in [-0.4, -0.2) is 11.2 Å². The summed E-state index contributed by atoms with van der Waals surface area (Å²) in [7, 11) is 0. The lowest BCUT2D eigenvalue weighted by Gasteiger charge is -2.06. The van der Waals surface area contributed by atoms with Crippen molar-refractivity contribution in [1.82, 2.24) is 0 Å². The summed E-state index contributed by atoms with van der Waals surface area (Å²) in [4.78, 5) is 11.3. The molecule has 0 bridgehead atoms. The molecule has 0 radical (unpaired) electrons. The van der Waals surface area contributed by atoms with Gasteiger partial charge in [0, 0.05) is 18.9 Å². The molecule has 1 amide bonds. The van der Waals surface area contributed by atoms with Crippen LogP contribution in [-0.2, 0) is 4.79 Å². The van der Waals surface area contributed by atoms with Crippen LogP contribution in [0.1, 0.15) is 6.42 Å². The van der Waals surface area contributed by atoms with E-state index in [0.717, 1.165) is 9.26 Å². The van der Waals surface area contributed by atoms with E-state index >= 15 is 0 Å². The van der Waals surface area contributed by atoms with Crippen LogP contribution in [0.25, 0.3) is 0 Å². The monoisotopic (exact) mass is 479 g/mol. The van der Waals surface area contributed by atoms with Gasteiger partial charge in [-0.3, -0.25) is 4.79 Å². The minimum absolute atomic E-state index is 0.0426. The van der Waals surface area contributed by atoms with Crippen LogP contribution in [0.5, 0.6) is 0 Å². The topological polar surface area (TPSA) is 29.1 Å². The first-order valence-electron chi connectivity index (χ1n) is 3.94. The Morgan fingerprint density at radius 1 is 1.43 bits per heavy atom. The van der Waals surface area contributed by atoms with Gasteiger partial charge in [-0.05, 0) is 63.4 Å².